The van der Waals surface area contributed by atoms with Crippen LogP contribution in [0.4, 0.5) is 5.69 Å². The molecular weight excluding hydrogens is 384 g/mol. The third-order valence-corrected chi connectivity index (χ3v) is 5.50. The van der Waals surface area contributed by atoms with Crippen LogP contribution in [0.15, 0.2) is 71.8 Å². The van der Waals surface area contributed by atoms with E-state index in [-0.39, 0.29) is 18.0 Å². The van der Waals surface area contributed by atoms with Crippen LogP contribution in [0.1, 0.15) is 5.56 Å². The highest BCUT2D eigenvalue weighted by Crippen LogP contribution is 2.30. The molecule has 4 aromatic rings. The number of hydrogen-bond acceptors (Lipinski definition) is 5. The topological polar surface area (TPSA) is 87.8 Å². The van der Waals surface area contributed by atoms with Gasteiger partial charge in [0.15, 0.2) is 0 Å². The van der Waals surface area contributed by atoms with Crippen molar-refractivity contribution in [2.45, 2.75) is 13.0 Å². The van der Waals surface area contributed by atoms with E-state index in [2.05, 4.69) is 16.4 Å². The molecule has 0 fully saturated rings. The monoisotopic (exact) mass is 400 g/mol. The molecule has 7 heteroatoms. The van der Waals surface area contributed by atoms with Crippen LogP contribution in [-0.4, -0.2) is 15.5 Å². The van der Waals surface area contributed by atoms with Crippen LogP contribution < -0.4 is 10.9 Å². The van der Waals surface area contributed by atoms with Crippen LogP contribution in [0.3, 0.4) is 0 Å². The number of carbonyl (C=O) groups excluding carboxylic acids is 1. The average Bonchev–Trinajstić information content (AvgIpc) is 3.18. The molecule has 2 heterocycles. The fraction of sp³-hybridized carbons (Fsp3) is 0.0909. The minimum absolute atomic E-state index is 0.127. The first-order valence-corrected chi connectivity index (χ1v) is 9.76. The van der Waals surface area contributed by atoms with Gasteiger partial charge in [0.1, 0.15) is 11.4 Å². The zero-order chi connectivity index (χ0) is 20.2. The molecule has 4 rings (SSSR count). The number of amides is 1. The summed E-state index contributed by atoms with van der Waals surface area (Å²) in [6.45, 7) is -0.127. The number of benzene rings is 2. The molecule has 0 saturated carbocycles. The Bertz CT molecular complexity index is 1270. The van der Waals surface area contributed by atoms with E-state index < -0.39 is 0 Å². The molecule has 0 bridgehead atoms. The SMILES string of the molecule is N#CCc1ccc(NC(=O)Cn2cnc3sc(-c4ccccc4)cc3c2=O)cc1. The number of carbonyl (C=O) groups is 1. The van der Waals surface area contributed by atoms with Crippen LogP contribution >= 0.6 is 11.3 Å². The molecule has 0 aliphatic heterocycles. The quantitative estimate of drug-likeness (QED) is 0.551. The molecule has 0 aliphatic rings. The Morgan fingerprint density at radius 1 is 1.14 bits per heavy atom. The van der Waals surface area contributed by atoms with Gasteiger partial charge in [0, 0.05) is 10.6 Å². The highest BCUT2D eigenvalue weighted by Gasteiger charge is 2.12. The predicted octanol–water partition coefficient (Wildman–Crippen LogP) is 3.83. The first kappa shape index (κ1) is 18.6. The summed E-state index contributed by atoms with van der Waals surface area (Å²) >= 11 is 1.45. The van der Waals surface area contributed by atoms with Crippen LogP contribution in [0.5, 0.6) is 0 Å². The van der Waals surface area contributed by atoms with Gasteiger partial charge >= 0.3 is 0 Å². The number of hydrogen-bond donors (Lipinski definition) is 1. The molecular formula is C22H16N4O2S. The van der Waals surface area contributed by atoms with Crippen molar-refractivity contribution in [1.82, 2.24) is 9.55 Å². The second kappa shape index (κ2) is 8.09. The predicted molar refractivity (Wildman–Crippen MR) is 114 cm³/mol. The molecule has 2 aromatic heterocycles. The second-order valence-electron chi connectivity index (χ2n) is 6.45. The minimum atomic E-state index is -0.320. The minimum Gasteiger partial charge on any atom is -0.325 e. The van der Waals surface area contributed by atoms with Crippen LogP contribution in [-0.2, 0) is 17.8 Å². The molecule has 0 spiro atoms. The Morgan fingerprint density at radius 2 is 1.90 bits per heavy atom. The van der Waals surface area contributed by atoms with Gasteiger partial charge in [-0.15, -0.1) is 11.3 Å². The molecule has 0 saturated heterocycles. The Balaban J connectivity index is 1.53. The number of rotatable bonds is 5. The Labute approximate surface area is 170 Å². The highest BCUT2D eigenvalue weighted by atomic mass is 32.1. The summed E-state index contributed by atoms with van der Waals surface area (Å²) in [5.41, 5.74) is 2.27. The summed E-state index contributed by atoms with van der Waals surface area (Å²) in [5, 5.41) is 12.0. The number of nitrogens with zero attached hydrogens (tertiary/aromatic N) is 3. The maximum Gasteiger partial charge on any atom is 0.262 e. The summed E-state index contributed by atoms with van der Waals surface area (Å²) in [7, 11) is 0. The first-order valence-electron chi connectivity index (χ1n) is 8.94. The lowest BCUT2D eigenvalue weighted by molar-refractivity contribution is -0.116. The van der Waals surface area contributed by atoms with E-state index in [9.17, 15) is 9.59 Å². The zero-order valence-corrected chi connectivity index (χ0v) is 16.1. The van der Waals surface area contributed by atoms with Crippen molar-refractivity contribution in [1.29, 1.82) is 5.26 Å². The molecule has 0 atom stereocenters. The van der Waals surface area contributed by atoms with E-state index in [1.54, 1.807) is 24.3 Å². The third kappa shape index (κ3) is 4.08. The van der Waals surface area contributed by atoms with Crippen LogP contribution in [0.25, 0.3) is 20.7 Å². The number of thiophene rings is 1. The van der Waals surface area contributed by atoms with E-state index >= 15 is 0 Å². The Kier molecular flexibility index (Phi) is 5.18. The van der Waals surface area contributed by atoms with Gasteiger partial charge in [-0.25, -0.2) is 4.98 Å². The van der Waals surface area contributed by atoms with Gasteiger partial charge in [-0.1, -0.05) is 42.5 Å². The van der Waals surface area contributed by atoms with Gasteiger partial charge in [-0.2, -0.15) is 5.26 Å². The number of fused-ring (bicyclic) bond motifs is 1. The molecule has 0 radical (unpaired) electrons. The summed E-state index contributed by atoms with van der Waals surface area (Å²) in [6.07, 6.45) is 1.73. The molecule has 1 amide bonds. The molecule has 6 nitrogen and oxygen atoms in total. The summed E-state index contributed by atoms with van der Waals surface area (Å²) in [4.78, 5) is 31.1. The lowest BCUT2D eigenvalue weighted by atomic mass is 10.1. The molecule has 29 heavy (non-hydrogen) atoms. The van der Waals surface area contributed by atoms with E-state index in [4.69, 9.17) is 5.26 Å². The summed E-state index contributed by atoms with van der Waals surface area (Å²) in [6, 6.07) is 20.8. The maximum absolute atomic E-state index is 12.8. The average molecular weight is 400 g/mol. The number of nitrogens with one attached hydrogen (secondary N) is 1. The van der Waals surface area contributed by atoms with Crippen molar-refractivity contribution in [2.24, 2.45) is 0 Å². The molecule has 2 aromatic carbocycles. The Hall–Kier alpha value is -3.76. The zero-order valence-electron chi connectivity index (χ0n) is 15.3. The molecule has 0 unspecified atom stereocenters. The Morgan fingerprint density at radius 3 is 2.62 bits per heavy atom. The van der Waals surface area contributed by atoms with Gasteiger partial charge in [0.25, 0.3) is 5.56 Å². The second-order valence-corrected chi connectivity index (χ2v) is 7.48. The van der Waals surface area contributed by atoms with Gasteiger partial charge in [-0.05, 0) is 29.3 Å². The van der Waals surface area contributed by atoms with E-state index in [1.807, 2.05) is 36.4 Å². The number of nitriles is 1. The highest BCUT2D eigenvalue weighted by molar-refractivity contribution is 7.21. The summed E-state index contributed by atoms with van der Waals surface area (Å²) in [5.74, 6) is -0.320. The normalized spacial score (nSPS) is 10.6. The van der Waals surface area contributed by atoms with E-state index in [0.29, 0.717) is 22.3 Å². The van der Waals surface area contributed by atoms with Crippen LogP contribution in [0, 0.1) is 11.3 Å². The van der Waals surface area contributed by atoms with Gasteiger partial charge in [-0.3, -0.25) is 14.2 Å². The van der Waals surface area contributed by atoms with E-state index in [0.717, 1.165) is 16.0 Å². The molecule has 142 valence electrons. The third-order valence-electron chi connectivity index (χ3n) is 4.41. The first-order chi connectivity index (χ1) is 14.1. The van der Waals surface area contributed by atoms with Crippen molar-refractivity contribution in [3.05, 3.63) is 82.9 Å². The largest absolute Gasteiger partial charge is 0.325 e. The fourth-order valence-electron chi connectivity index (χ4n) is 2.97. The number of anilines is 1. The van der Waals surface area contributed by atoms with E-state index in [1.165, 1.54) is 22.2 Å². The fourth-order valence-corrected chi connectivity index (χ4v) is 3.96. The van der Waals surface area contributed by atoms with Gasteiger partial charge < -0.3 is 5.32 Å². The van der Waals surface area contributed by atoms with Gasteiger partial charge in [0.2, 0.25) is 5.91 Å². The lowest BCUT2D eigenvalue weighted by Gasteiger charge is -2.07. The molecule has 1 N–H and O–H groups in total. The number of aromatic nitrogens is 2. The van der Waals surface area contributed by atoms with Crippen LogP contribution in [0.2, 0.25) is 0 Å². The maximum atomic E-state index is 12.8. The van der Waals surface area contributed by atoms with Gasteiger partial charge in [0.05, 0.1) is 24.2 Å². The smallest absolute Gasteiger partial charge is 0.262 e. The van der Waals surface area contributed by atoms with Crippen molar-refractivity contribution in [2.75, 3.05) is 5.32 Å². The van der Waals surface area contributed by atoms with Crippen molar-refractivity contribution < 1.29 is 4.79 Å². The lowest BCUT2D eigenvalue weighted by Crippen LogP contribution is -2.27. The molecule has 0 aliphatic carbocycles. The summed E-state index contributed by atoms with van der Waals surface area (Å²) < 4.78 is 1.31. The standard InChI is InChI=1S/C22H16N4O2S/c23-11-10-15-6-8-17(9-7-15)25-20(27)13-26-14-24-21-18(22(26)28)12-19(29-21)16-4-2-1-3-5-16/h1-9,12,14H,10,13H2,(H,25,27). The van der Waals surface area contributed by atoms with Crippen molar-refractivity contribution in [3.63, 3.8) is 0 Å². The van der Waals surface area contributed by atoms with Crippen molar-refractivity contribution >= 4 is 33.1 Å². The van der Waals surface area contributed by atoms with Crippen molar-refractivity contribution in [3.8, 4) is 16.5 Å².